The van der Waals surface area contributed by atoms with E-state index in [1.807, 2.05) is 0 Å². The lowest BCUT2D eigenvalue weighted by molar-refractivity contribution is 0.627. The van der Waals surface area contributed by atoms with Crippen molar-refractivity contribution in [2.24, 2.45) is 0 Å². The van der Waals surface area contributed by atoms with E-state index in [1.165, 1.54) is 43.8 Å². The van der Waals surface area contributed by atoms with Gasteiger partial charge in [0.1, 0.15) is 0 Å². The van der Waals surface area contributed by atoms with Gasteiger partial charge in [-0.3, -0.25) is 0 Å². The molecule has 1 heterocycles. The van der Waals surface area contributed by atoms with E-state index in [9.17, 15) is 0 Å². The van der Waals surface area contributed by atoms with Crippen LogP contribution in [0.15, 0.2) is 176 Å². The average molecular weight is 689 g/mol. The molecule has 8 aromatic carbocycles. The highest BCUT2D eigenvalue weighted by atomic mass is 14.9. The Bertz CT molecular complexity index is 2840. The van der Waals surface area contributed by atoms with Crippen molar-refractivity contribution in [1.29, 1.82) is 0 Å². The van der Waals surface area contributed by atoms with Gasteiger partial charge < -0.3 is 0 Å². The van der Waals surface area contributed by atoms with Crippen LogP contribution in [0.25, 0.3) is 82.8 Å². The lowest BCUT2D eigenvalue weighted by Gasteiger charge is -2.24. The molecule has 10 rings (SSSR count). The summed E-state index contributed by atoms with van der Waals surface area (Å²) in [5, 5.41) is 7.12. The number of allylic oxidation sites excluding steroid dienone is 2. The Kier molecular flexibility index (Phi) is 8.04. The largest absolute Gasteiger partial charge is 0.228 e. The van der Waals surface area contributed by atoms with Crippen LogP contribution >= 0.6 is 0 Å². The number of benzene rings is 7. The van der Waals surface area contributed by atoms with E-state index in [0.29, 0.717) is 5.92 Å². The molecule has 0 amide bonds. The second kappa shape index (κ2) is 13.6. The van der Waals surface area contributed by atoms with Crippen LogP contribution in [0.4, 0.5) is 0 Å². The maximum atomic E-state index is 5.31. The normalized spacial score (nSPS) is 14.2. The summed E-state index contributed by atoms with van der Waals surface area (Å²) >= 11 is 0. The van der Waals surface area contributed by atoms with Gasteiger partial charge in [0.2, 0.25) is 0 Å². The minimum Gasteiger partial charge on any atom is -0.228 e. The second-order valence-corrected chi connectivity index (χ2v) is 14.4. The van der Waals surface area contributed by atoms with Crippen LogP contribution in [0.3, 0.4) is 0 Å². The third kappa shape index (κ3) is 6.11. The number of rotatable bonds is 6. The minimum absolute atomic E-state index is 0.382. The zero-order valence-corrected chi connectivity index (χ0v) is 29.8. The molecule has 1 aliphatic rings. The summed E-state index contributed by atoms with van der Waals surface area (Å²) in [7, 11) is 0. The predicted molar refractivity (Wildman–Crippen MR) is 225 cm³/mol. The minimum atomic E-state index is 0.382. The Morgan fingerprint density at radius 1 is 0.481 bits per heavy atom. The molecule has 0 spiro atoms. The lowest BCUT2D eigenvalue weighted by atomic mass is 9.82. The number of hydrogen-bond acceptors (Lipinski definition) is 2. The van der Waals surface area contributed by atoms with Crippen molar-refractivity contribution in [1.82, 2.24) is 9.97 Å². The third-order valence-corrected chi connectivity index (χ3v) is 11.0. The second-order valence-electron chi connectivity index (χ2n) is 14.4. The summed E-state index contributed by atoms with van der Waals surface area (Å²) in [5.41, 5.74) is 11.3. The van der Waals surface area contributed by atoms with Gasteiger partial charge in [-0.1, -0.05) is 164 Å². The summed E-state index contributed by atoms with van der Waals surface area (Å²) in [4.78, 5) is 10.5. The van der Waals surface area contributed by atoms with E-state index in [0.717, 1.165) is 69.5 Å². The molecule has 2 heteroatoms. The molecule has 1 unspecified atom stereocenters. The summed E-state index contributed by atoms with van der Waals surface area (Å²) in [6.45, 7) is 0. The van der Waals surface area contributed by atoms with E-state index < -0.39 is 0 Å². The van der Waals surface area contributed by atoms with Crippen molar-refractivity contribution in [2.75, 3.05) is 0 Å². The van der Waals surface area contributed by atoms with Gasteiger partial charge in [0.25, 0.3) is 0 Å². The fourth-order valence-electron chi connectivity index (χ4n) is 8.07. The predicted octanol–water partition coefficient (Wildman–Crippen LogP) is 13.6. The number of hydrogen-bond donors (Lipinski definition) is 0. The highest BCUT2D eigenvalue weighted by molar-refractivity contribution is 5.95. The summed E-state index contributed by atoms with van der Waals surface area (Å²) < 4.78 is 0. The van der Waals surface area contributed by atoms with Crippen molar-refractivity contribution in [3.05, 3.63) is 199 Å². The van der Waals surface area contributed by atoms with Crippen molar-refractivity contribution >= 4 is 37.9 Å². The van der Waals surface area contributed by atoms with Crippen LogP contribution in [0, 0.1) is 12.1 Å². The van der Waals surface area contributed by atoms with Gasteiger partial charge >= 0.3 is 0 Å². The van der Waals surface area contributed by atoms with E-state index in [4.69, 9.17) is 9.97 Å². The molecule has 9 aromatic rings. The first-order valence-electron chi connectivity index (χ1n) is 18.8. The molecule has 1 aliphatic carbocycles. The van der Waals surface area contributed by atoms with Crippen molar-refractivity contribution in [3.63, 3.8) is 0 Å². The Balaban J connectivity index is 0.987. The third-order valence-electron chi connectivity index (χ3n) is 11.0. The van der Waals surface area contributed by atoms with E-state index in [2.05, 4.69) is 188 Å². The molecule has 0 saturated heterocycles. The molecule has 1 atom stereocenters. The number of fused-ring (bicyclic) bond motifs is 3. The van der Waals surface area contributed by atoms with Crippen LogP contribution in [-0.4, -0.2) is 9.97 Å². The van der Waals surface area contributed by atoms with Crippen molar-refractivity contribution in [2.45, 2.75) is 25.2 Å². The van der Waals surface area contributed by atoms with Crippen LogP contribution in [0.2, 0.25) is 0 Å². The Morgan fingerprint density at radius 2 is 1.19 bits per heavy atom. The molecule has 254 valence electrons. The molecule has 0 bridgehead atoms. The monoisotopic (exact) mass is 688 g/mol. The molecule has 1 aromatic heterocycles. The summed E-state index contributed by atoms with van der Waals surface area (Å²) in [6, 6.07) is 67.6. The van der Waals surface area contributed by atoms with Crippen LogP contribution in [-0.2, 0) is 0 Å². The van der Waals surface area contributed by atoms with Gasteiger partial charge in [0.15, 0.2) is 5.82 Å². The van der Waals surface area contributed by atoms with E-state index in [1.54, 1.807) is 0 Å². The lowest BCUT2D eigenvalue weighted by Crippen LogP contribution is -2.07. The van der Waals surface area contributed by atoms with Gasteiger partial charge in [0, 0.05) is 22.1 Å². The molecule has 2 nitrogen and oxygen atoms in total. The topological polar surface area (TPSA) is 25.8 Å². The molecule has 0 saturated carbocycles. The Morgan fingerprint density at radius 3 is 2.07 bits per heavy atom. The average Bonchev–Trinajstić information content (AvgIpc) is 3.26. The fourth-order valence-corrected chi connectivity index (χ4v) is 8.07. The van der Waals surface area contributed by atoms with Gasteiger partial charge in [-0.2, -0.15) is 0 Å². The maximum Gasteiger partial charge on any atom is 0.161 e. The molecule has 0 fully saturated rings. The molecule has 0 radical (unpaired) electrons. The maximum absolute atomic E-state index is 5.31. The zero-order valence-electron chi connectivity index (χ0n) is 29.8. The molecule has 54 heavy (non-hydrogen) atoms. The van der Waals surface area contributed by atoms with Gasteiger partial charge in [-0.05, 0) is 104 Å². The van der Waals surface area contributed by atoms with E-state index in [-0.39, 0.29) is 0 Å². The van der Waals surface area contributed by atoms with Gasteiger partial charge in [-0.15, -0.1) is 0 Å². The number of aromatic nitrogens is 2. The SMILES string of the molecule is c1c(-c2ccc3ccccc3c2)cc2ccc(C3CCC=C(c4cc(-c5ccc(-c6ccccc6)cc5)nc(-c5cccc6ccccc56)n4)C3)cc2c#1. The van der Waals surface area contributed by atoms with Crippen LogP contribution in [0.1, 0.15) is 36.4 Å². The van der Waals surface area contributed by atoms with Crippen molar-refractivity contribution in [3.8, 4) is 44.9 Å². The Labute approximate surface area is 316 Å². The summed E-state index contributed by atoms with van der Waals surface area (Å²) in [6.07, 6.45) is 5.42. The zero-order chi connectivity index (χ0) is 35.8. The first-order valence-corrected chi connectivity index (χ1v) is 18.8. The smallest absolute Gasteiger partial charge is 0.161 e. The Hall–Kier alpha value is -6.82. The quantitative estimate of drug-likeness (QED) is 0.174. The highest BCUT2D eigenvalue weighted by Crippen LogP contribution is 2.40. The van der Waals surface area contributed by atoms with Gasteiger partial charge in [0.05, 0.1) is 11.4 Å². The highest BCUT2D eigenvalue weighted by Gasteiger charge is 2.22. The molecular formula is C52H36N2. The fraction of sp³-hybridized carbons (Fsp3) is 0.0769. The van der Waals surface area contributed by atoms with Crippen LogP contribution < -0.4 is 0 Å². The standard InChI is InChI=1S/C52H36N2/c1-2-10-35(11-3-1)37-20-23-39(24-21-37)50-34-51(54-52(53-50)49-19-9-15-38-13-6-7-18-48(38)49)47-17-8-16-41(33-47)42-26-27-46-32-45(29-28-44(46)31-42)43-25-22-36-12-4-5-14-40(36)30-43/h1-7,9-15,17-27,30-32,34,41H,8,16,33H2. The van der Waals surface area contributed by atoms with Gasteiger partial charge in [-0.25, -0.2) is 9.97 Å². The molecule has 0 N–H and O–H groups in total. The first-order chi connectivity index (χ1) is 26.7. The summed E-state index contributed by atoms with van der Waals surface area (Å²) in [5.74, 6) is 1.14. The van der Waals surface area contributed by atoms with Crippen LogP contribution in [0.5, 0.6) is 0 Å². The molecular weight excluding hydrogens is 653 g/mol. The number of nitrogens with zero attached hydrogens (tertiary/aromatic N) is 2. The van der Waals surface area contributed by atoms with E-state index >= 15 is 0 Å². The van der Waals surface area contributed by atoms with Crippen molar-refractivity contribution < 1.29 is 0 Å². The molecule has 0 aliphatic heterocycles. The first kappa shape index (κ1) is 31.9.